The summed E-state index contributed by atoms with van der Waals surface area (Å²) in [6.45, 7) is 5.06. The van der Waals surface area contributed by atoms with E-state index in [1.165, 1.54) is 0 Å². The minimum absolute atomic E-state index is 0.720. The molecule has 2 aromatic rings. The van der Waals surface area contributed by atoms with E-state index in [0.717, 1.165) is 55.1 Å². The Hall–Kier alpha value is -2.34. The van der Waals surface area contributed by atoms with Gasteiger partial charge in [-0.2, -0.15) is 4.98 Å². The first kappa shape index (κ1) is 13.6. The standard InChI is InChI=1S/C15H19N5O/c1-11-10-14(18-13-4-2-12(16)3-5-13)19-15(17-11)20-6-8-21-9-7-20/h2-5,10H,6-9,16H2,1H3,(H,17,18,19). The third-order valence-electron chi connectivity index (χ3n) is 3.32. The highest BCUT2D eigenvalue weighted by Gasteiger charge is 2.14. The molecule has 2 heterocycles. The first-order chi connectivity index (χ1) is 10.2. The van der Waals surface area contributed by atoms with E-state index in [4.69, 9.17) is 10.5 Å². The van der Waals surface area contributed by atoms with Crippen LogP contribution in [0, 0.1) is 6.92 Å². The summed E-state index contributed by atoms with van der Waals surface area (Å²) in [4.78, 5) is 11.2. The maximum absolute atomic E-state index is 5.69. The van der Waals surface area contributed by atoms with Gasteiger partial charge < -0.3 is 20.7 Å². The molecule has 3 N–H and O–H groups in total. The molecule has 21 heavy (non-hydrogen) atoms. The zero-order valence-electron chi connectivity index (χ0n) is 12.0. The van der Waals surface area contributed by atoms with Crippen LogP contribution in [0.25, 0.3) is 0 Å². The smallest absolute Gasteiger partial charge is 0.227 e. The highest BCUT2D eigenvalue weighted by Crippen LogP contribution is 2.19. The average molecular weight is 285 g/mol. The minimum Gasteiger partial charge on any atom is -0.399 e. The Morgan fingerprint density at radius 2 is 1.86 bits per heavy atom. The molecule has 0 unspecified atom stereocenters. The number of nitrogens with one attached hydrogen (secondary N) is 1. The van der Waals surface area contributed by atoms with Crippen molar-refractivity contribution in [2.75, 3.05) is 42.3 Å². The van der Waals surface area contributed by atoms with Gasteiger partial charge in [-0.25, -0.2) is 4.98 Å². The molecule has 0 aliphatic carbocycles. The van der Waals surface area contributed by atoms with Crippen molar-refractivity contribution in [1.29, 1.82) is 0 Å². The summed E-state index contributed by atoms with van der Waals surface area (Å²) in [6, 6.07) is 9.52. The van der Waals surface area contributed by atoms with Crippen LogP contribution in [-0.2, 0) is 4.74 Å². The van der Waals surface area contributed by atoms with Gasteiger partial charge in [0, 0.05) is 36.2 Å². The molecule has 0 bridgehead atoms. The molecule has 1 aliphatic rings. The molecule has 110 valence electrons. The first-order valence-electron chi connectivity index (χ1n) is 7.02. The highest BCUT2D eigenvalue weighted by atomic mass is 16.5. The largest absolute Gasteiger partial charge is 0.399 e. The Morgan fingerprint density at radius 3 is 2.57 bits per heavy atom. The molecule has 0 atom stereocenters. The van der Waals surface area contributed by atoms with Crippen LogP contribution in [0.2, 0.25) is 0 Å². The number of rotatable bonds is 3. The van der Waals surface area contributed by atoms with Gasteiger partial charge >= 0.3 is 0 Å². The van der Waals surface area contributed by atoms with Gasteiger partial charge in [0.1, 0.15) is 5.82 Å². The van der Waals surface area contributed by atoms with Crippen molar-refractivity contribution in [3.05, 3.63) is 36.0 Å². The topological polar surface area (TPSA) is 76.3 Å². The summed E-state index contributed by atoms with van der Waals surface area (Å²) in [7, 11) is 0. The lowest BCUT2D eigenvalue weighted by Gasteiger charge is -2.27. The van der Waals surface area contributed by atoms with Crippen LogP contribution in [0.5, 0.6) is 0 Å². The Bertz CT molecular complexity index is 608. The zero-order chi connectivity index (χ0) is 14.7. The van der Waals surface area contributed by atoms with E-state index in [-0.39, 0.29) is 0 Å². The number of hydrogen-bond acceptors (Lipinski definition) is 6. The fourth-order valence-corrected chi connectivity index (χ4v) is 2.24. The number of nitrogens with zero attached hydrogens (tertiary/aromatic N) is 3. The van der Waals surface area contributed by atoms with Crippen LogP contribution in [0.15, 0.2) is 30.3 Å². The minimum atomic E-state index is 0.720. The van der Waals surface area contributed by atoms with Gasteiger partial charge in [0.05, 0.1) is 13.2 Å². The molecule has 0 amide bonds. The van der Waals surface area contributed by atoms with Crippen molar-refractivity contribution in [2.24, 2.45) is 0 Å². The summed E-state index contributed by atoms with van der Waals surface area (Å²) >= 11 is 0. The van der Waals surface area contributed by atoms with Crippen molar-refractivity contribution in [1.82, 2.24) is 9.97 Å². The lowest BCUT2D eigenvalue weighted by atomic mass is 10.3. The van der Waals surface area contributed by atoms with E-state index >= 15 is 0 Å². The summed E-state index contributed by atoms with van der Waals surface area (Å²) < 4.78 is 5.36. The molecule has 3 rings (SSSR count). The normalized spacial score (nSPS) is 15.0. The van der Waals surface area contributed by atoms with E-state index in [1.54, 1.807) is 0 Å². The quantitative estimate of drug-likeness (QED) is 0.839. The highest BCUT2D eigenvalue weighted by molar-refractivity contribution is 5.60. The second kappa shape index (κ2) is 5.97. The molecule has 1 fully saturated rings. The third-order valence-corrected chi connectivity index (χ3v) is 3.32. The summed E-state index contributed by atoms with van der Waals surface area (Å²) in [6.07, 6.45) is 0. The number of morpholine rings is 1. The lowest BCUT2D eigenvalue weighted by molar-refractivity contribution is 0.122. The summed E-state index contributed by atoms with van der Waals surface area (Å²) in [5.74, 6) is 1.53. The second-order valence-electron chi connectivity index (χ2n) is 5.04. The van der Waals surface area contributed by atoms with Crippen LogP contribution in [0.1, 0.15) is 5.69 Å². The molecule has 1 aliphatic heterocycles. The molecular formula is C15H19N5O. The Kier molecular flexibility index (Phi) is 3.87. The van der Waals surface area contributed by atoms with Crippen molar-refractivity contribution in [3.8, 4) is 0 Å². The molecule has 6 nitrogen and oxygen atoms in total. The number of aromatic nitrogens is 2. The van der Waals surface area contributed by atoms with Crippen LogP contribution < -0.4 is 16.0 Å². The van der Waals surface area contributed by atoms with Crippen LogP contribution >= 0.6 is 0 Å². The average Bonchev–Trinajstić information content (AvgIpc) is 2.50. The number of ether oxygens (including phenoxy) is 1. The van der Waals surface area contributed by atoms with Gasteiger partial charge in [0.25, 0.3) is 0 Å². The number of aryl methyl sites for hydroxylation is 1. The Labute approximate surface area is 124 Å². The molecule has 1 aromatic carbocycles. The number of anilines is 4. The van der Waals surface area contributed by atoms with Gasteiger partial charge in [0.15, 0.2) is 0 Å². The van der Waals surface area contributed by atoms with Gasteiger partial charge in [0.2, 0.25) is 5.95 Å². The molecular weight excluding hydrogens is 266 g/mol. The van der Waals surface area contributed by atoms with E-state index in [1.807, 2.05) is 37.3 Å². The monoisotopic (exact) mass is 285 g/mol. The zero-order valence-corrected chi connectivity index (χ0v) is 12.0. The maximum Gasteiger partial charge on any atom is 0.227 e. The number of benzene rings is 1. The fraction of sp³-hybridized carbons (Fsp3) is 0.333. The van der Waals surface area contributed by atoms with Crippen LogP contribution in [-0.4, -0.2) is 36.3 Å². The summed E-state index contributed by atoms with van der Waals surface area (Å²) in [5, 5.41) is 3.29. The van der Waals surface area contributed by atoms with E-state index in [0.29, 0.717) is 0 Å². The van der Waals surface area contributed by atoms with E-state index in [9.17, 15) is 0 Å². The fourth-order valence-electron chi connectivity index (χ4n) is 2.24. The van der Waals surface area contributed by atoms with Crippen molar-refractivity contribution >= 4 is 23.1 Å². The number of nitrogen functional groups attached to an aromatic ring is 1. The van der Waals surface area contributed by atoms with Crippen LogP contribution in [0.3, 0.4) is 0 Å². The first-order valence-corrected chi connectivity index (χ1v) is 7.02. The molecule has 6 heteroatoms. The Morgan fingerprint density at radius 1 is 1.14 bits per heavy atom. The van der Waals surface area contributed by atoms with Gasteiger partial charge in [-0.05, 0) is 31.2 Å². The predicted octanol–water partition coefficient (Wildman–Crippen LogP) is 1.95. The SMILES string of the molecule is Cc1cc(Nc2ccc(N)cc2)nc(N2CCOCC2)n1. The second-order valence-corrected chi connectivity index (χ2v) is 5.04. The van der Waals surface area contributed by atoms with E-state index < -0.39 is 0 Å². The van der Waals surface area contributed by atoms with Gasteiger partial charge in [-0.3, -0.25) is 0 Å². The van der Waals surface area contributed by atoms with Gasteiger partial charge in [-0.15, -0.1) is 0 Å². The maximum atomic E-state index is 5.69. The Balaban J connectivity index is 1.81. The van der Waals surface area contributed by atoms with Crippen molar-refractivity contribution in [2.45, 2.75) is 6.92 Å². The molecule has 1 saturated heterocycles. The molecule has 0 spiro atoms. The third kappa shape index (κ3) is 3.41. The van der Waals surface area contributed by atoms with E-state index in [2.05, 4.69) is 20.2 Å². The number of hydrogen-bond donors (Lipinski definition) is 2. The number of nitrogens with two attached hydrogens (primary N) is 1. The lowest BCUT2D eigenvalue weighted by Crippen LogP contribution is -2.37. The predicted molar refractivity (Wildman–Crippen MR) is 83.9 cm³/mol. The van der Waals surface area contributed by atoms with Crippen LogP contribution in [0.4, 0.5) is 23.1 Å². The van der Waals surface area contributed by atoms with Gasteiger partial charge in [-0.1, -0.05) is 0 Å². The molecule has 0 radical (unpaired) electrons. The molecule has 1 aromatic heterocycles. The molecule has 0 saturated carbocycles. The summed E-state index contributed by atoms with van der Waals surface area (Å²) in [5.41, 5.74) is 8.33. The van der Waals surface area contributed by atoms with Crippen molar-refractivity contribution < 1.29 is 4.74 Å². The van der Waals surface area contributed by atoms with Crippen molar-refractivity contribution in [3.63, 3.8) is 0 Å².